The molecule has 0 bridgehead atoms. The highest BCUT2D eigenvalue weighted by Crippen LogP contribution is 2.19. The molecule has 94 valence electrons. The summed E-state index contributed by atoms with van der Waals surface area (Å²) in [6.45, 7) is 5.88. The summed E-state index contributed by atoms with van der Waals surface area (Å²) in [5.74, 6) is 0.645. The van der Waals surface area contributed by atoms with Gasteiger partial charge in [-0.25, -0.2) is 8.42 Å². The van der Waals surface area contributed by atoms with E-state index in [1.807, 2.05) is 6.92 Å². The maximum absolute atomic E-state index is 11.5. The summed E-state index contributed by atoms with van der Waals surface area (Å²) in [7, 11) is -2.78. The van der Waals surface area contributed by atoms with Gasteiger partial charge >= 0.3 is 0 Å². The van der Waals surface area contributed by atoms with Gasteiger partial charge in [0.1, 0.15) is 0 Å². The van der Waals surface area contributed by atoms with E-state index in [1.54, 1.807) is 0 Å². The average molecular weight is 246 g/mol. The molecule has 5 heteroatoms. The van der Waals surface area contributed by atoms with Crippen LogP contribution in [0.15, 0.2) is 0 Å². The molecule has 1 saturated carbocycles. The molecule has 2 fully saturated rings. The first kappa shape index (κ1) is 12.3. The van der Waals surface area contributed by atoms with Crippen LogP contribution in [0.5, 0.6) is 0 Å². The van der Waals surface area contributed by atoms with Crippen molar-refractivity contribution in [2.45, 2.75) is 44.8 Å². The fourth-order valence-electron chi connectivity index (χ4n) is 2.41. The molecule has 16 heavy (non-hydrogen) atoms. The van der Waals surface area contributed by atoms with Gasteiger partial charge in [-0.05, 0) is 26.7 Å². The van der Waals surface area contributed by atoms with E-state index in [4.69, 9.17) is 0 Å². The van der Waals surface area contributed by atoms with Gasteiger partial charge in [0.05, 0.1) is 11.5 Å². The molecule has 1 heterocycles. The van der Waals surface area contributed by atoms with Crippen LogP contribution in [0.3, 0.4) is 0 Å². The van der Waals surface area contributed by atoms with E-state index in [1.165, 1.54) is 12.8 Å². The van der Waals surface area contributed by atoms with Gasteiger partial charge in [-0.15, -0.1) is 0 Å². The van der Waals surface area contributed by atoms with Crippen molar-refractivity contribution in [2.24, 2.45) is 0 Å². The van der Waals surface area contributed by atoms with Crippen molar-refractivity contribution in [1.29, 1.82) is 0 Å². The van der Waals surface area contributed by atoms with Crippen LogP contribution in [0.4, 0.5) is 0 Å². The van der Waals surface area contributed by atoms with Crippen LogP contribution in [0, 0.1) is 0 Å². The van der Waals surface area contributed by atoms with E-state index in [0.717, 1.165) is 12.6 Å². The summed E-state index contributed by atoms with van der Waals surface area (Å²) >= 11 is 0. The van der Waals surface area contributed by atoms with Crippen molar-refractivity contribution >= 4 is 9.84 Å². The minimum absolute atomic E-state index is 0.162. The Morgan fingerprint density at radius 3 is 2.69 bits per heavy atom. The largest absolute Gasteiger partial charge is 0.312 e. The van der Waals surface area contributed by atoms with Gasteiger partial charge in [0.2, 0.25) is 0 Å². The van der Waals surface area contributed by atoms with Crippen molar-refractivity contribution in [2.75, 3.05) is 24.6 Å². The van der Waals surface area contributed by atoms with Gasteiger partial charge < -0.3 is 5.32 Å². The number of rotatable bonds is 4. The van der Waals surface area contributed by atoms with Crippen LogP contribution in [-0.4, -0.2) is 56.0 Å². The Hall–Kier alpha value is -0.130. The number of hydrogen-bond acceptors (Lipinski definition) is 4. The molecule has 0 aromatic heterocycles. The molecule has 1 saturated heterocycles. The van der Waals surface area contributed by atoms with Crippen LogP contribution < -0.4 is 5.32 Å². The number of hydrogen-bond donors (Lipinski definition) is 1. The third-order valence-corrected chi connectivity index (χ3v) is 5.36. The highest BCUT2D eigenvalue weighted by atomic mass is 32.2. The van der Waals surface area contributed by atoms with Gasteiger partial charge in [-0.2, -0.15) is 0 Å². The number of nitrogens with one attached hydrogen (secondary N) is 1. The molecule has 2 atom stereocenters. The third kappa shape index (κ3) is 3.18. The summed E-state index contributed by atoms with van der Waals surface area (Å²) in [6, 6.07) is 1.33. The lowest BCUT2D eigenvalue weighted by Gasteiger charge is -2.37. The van der Waals surface area contributed by atoms with Crippen LogP contribution in [0.2, 0.25) is 0 Å². The Kier molecular flexibility index (Phi) is 3.56. The van der Waals surface area contributed by atoms with E-state index in [2.05, 4.69) is 17.1 Å². The quantitative estimate of drug-likeness (QED) is 0.772. The topological polar surface area (TPSA) is 49.4 Å². The average Bonchev–Trinajstić information content (AvgIpc) is 2.96. The highest BCUT2D eigenvalue weighted by Gasteiger charge is 2.31. The minimum atomic E-state index is -2.78. The Bertz CT molecular complexity index is 338. The first-order valence-electron chi connectivity index (χ1n) is 6.17. The first-order valence-corrected chi connectivity index (χ1v) is 7.99. The molecule has 2 rings (SSSR count). The van der Waals surface area contributed by atoms with Crippen molar-refractivity contribution in [3.8, 4) is 0 Å². The van der Waals surface area contributed by atoms with Crippen molar-refractivity contribution < 1.29 is 8.42 Å². The molecule has 0 amide bonds. The molecule has 0 aromatic carbocycles. The monoisotopic (exact) mass is 246 g/mol. The SMILES string of the molecule is CC(CNC1CC1)N1CCS(=O)(=O)CC1C. The van der Waals surface area contributed by atoms with Crippen LogP contribution in [0.1, 0.15) is 26.7 Å². The zero-order valence-electron chi connectivity index (χ0n) is 10.1. The molecule has 1 N–H and O–H groups in total. The zero-order valence-corrected chi connectivity index (χ0v) is 11.0. The zero-order chi connectivity index (χ0) is 11.8. The lowest BCUT2D eigenvalue weighted by molar-refractivity contribution is 0.165. The van der Waals surface area contributed by atoms with Crippen molar-refractivity contribution in [3.63, 3.8) is 0 Å². The standard InChI is InChI=1S/C11H22N2O2S/c1-9(7-12-11-3-4-11)13-5-6-16(14,15)8-10(13)2/h9-12H,3-8H2,1-2H3. The van der Waals surface area contributed by atoms with Crippen LogP contribution >= 0.6 is 0 Å². The maximum Gasteiger partial charge on any atom is 0.153 e. The van der Waals surface area contributed by atoms with Gasteiger partial charge in [0.15, 0.2) is 9.84 Å². The molecule has 0 spiro atoms. The molecule has 2 aliphatic rings. The second-order valence-electron chi connectivity index (χ2n) is 5.23. The molecule has 1 aliphatic carbocycles. The van der Waals surface area contributed by atoms with E-state index in [9.17, 15) is 8.42 Å². The summed E-state index contributed by atoms with van der Waals surface area (Å²) < 4.78 is 22.9. The summed E-state index contributed by atoms with van der Waals surface area (Å²) in [4.78, 5) is 2.32. The summed E-state index contributed by atoms with van der Waals surface area (Å²) in [6.07, 6.45) is 2.60. The molecular formula is C11H22N2O2S. The molecule has 0 radical (unpaired) electrons. The van der Waals surface area contributed by atoms with Crippen LogP contribution in [0.25, 0.3) is 0 Å². The number of sulfone groups is 1. The summed E-state index contributed by atoms with van der Waals surface area (Å²) in [5.41, 5.74) is 0. The fraction of sp³-hybridized carbons (Fsp3) is 1.00. The predicted molar refractivity (Wildman–Crippen MR) is 65.3 cm³/mol. The lowest BCUT2D eigenvalue weighted by atomic mass is 10.2. The first-order chi connectivity index (χ1) is 7.48. The molecule has 0 aromatic rings. The van der Waals surface area contributed by atoms with E-state index in [-0.39, 0.29) is 6.04 Å². The van der Waals surface area contributed by atoms with E-state index < -0.39 is 9.84 Å². The Balaban J connectivity index is 1.83. The molecular weight excluding hydrogens is 224 g/mol. The van der Waals surface area contributed by atoms with Crippen LogP contribution in [-0.2, 0) is 9.84 Å². The Morgan fingerprint density at radius 1 is 1.44 bits per heavy atom. The highest BCUT2D eigenvalue weighted by molar-refractivity contribution is 7.91. The second-order valence-corrected chi connectivity index (χ2v) is 7.46. The van der Waals surface area contributed by atoms with E-state index >= 15 is 0 Å². The van der Waals surface area contributed by atoms with Crippen molar-refractivity contribution in [1.82, 2.24) is 10.2 Å². The number of nitrogens with zero attached hydrogens (tertiary/aromatic N) is 1. The minimum Gasteiger partial charge on any atom is -0.312 e. The third-order valence-electron chi connectivity index (χ3n) is 3.57. The second kappa shape index (κ2) is 4.63. The predicted octanol–water partition coefficient (Wildman–Crippen LogP) is 0.246. The van der Waals surface area contributed by atoms with Crippen molar-refractivity contribution in [3.05, 3.63) is 0 Å². The normalized spacial score (nSPS) is 32.5. The molecule has 2 unspecified atom stereocenters. The van der Waals surface area contributed by atoms with Gasteiger partial charge in [-0.1, -0.05) is 0 Å². The maximum atomic E-state index is 11.5. The lowest BCUT2D eigenvalue weighted by Crippen LogP contribution is -2.53. The Morgan fingerprint density at radius 2 is 2.12 bits per heavy atom. The molecule has 4 nitrogen and oxygen atoms in total. The fourth-order valence-corrected chi connectivity index (χ4v) is 3.99. The summed E-state index contributed by atoms with van der Waals surface area (Å²) in [5, 5.41) is 3.50. The van der Waals surface area contributed by atoms with Gasteiger partial charge in [-0.3, -0.25) is 4.90 Å². The Labute approximate surface area is 98.3 Å². The van der Waals surface area contributed by atoms with E-state index in [0.29, 0.717) is 24.1 Å². The van der Waals surface area contributed by atoms with Gasteiger partial charge in [0, 0.05) is 31.2 Å². The van der Waals surface area contributed by atoms with Gasteiger partial charge in [0.25, 0.3) is 0 Å². The molecule has 1 aliphatic heterocycles. The smallest absolute Gasteiger partial charge is 0.153 e.